The first-order chi connectivity index (χ1) is 18.1. The summed E-state index contributed by atoms with van der Waals surface area (Å²) < 4.78 is 17.6. The van der Waals surface area contributed by atoms with E-state index in [0.717, 1.165) is 24.8 Å². The highest BCUT2D eigenvalue weighted by Gasteiger charge is 2.73. The van der Waals surface area contributed by atoms with Gasteiger partial charge < -0.3 is 29.5 Å². The number of aliphatic hydroxyl groups is 3. The largest absolute Gasteiger partial charge is 0.459 e. The molecule has 1 unspecified atom stereocenters. The predicted octanol–water partition coefficient (Wildman–Crippen LogP) is 0.460. The molecule has 5 rings (SSSR count). The van der Waals surface area contributed by atoms with Crippen LogP contribution in [0.4, 0.5) is 0 Å². The SMILES string of the molecule is CC(=O)O[C@H](C)[C@]12C=C(C)[C@@H]3[C@@H](C)[C@H](O[C@H]4CC[C@H](O)C(C)O4)C4=CC(=O)C=C(N1C(=O)[C@](C)(O)C2=O)[C@@]43O. The lowest BCUT2D eigenvalue weighted by Crippen LogP contribution is -2.59. The number of rotatable bonds is 4. The van der Waals surface area contributed by atoms with Crippen LogP contribution in [0.3, 0.4) is 0 Å². The third kappa shape index (κ3) is 3.67. The summed E-state index contributed by atoms with van der Waals surface area (Å²) >= 11 is 0. The molecule has 0 bridgehead atoms. The zero-order valence-corrected chi connectivity index (χ0v) is 22.8. The van der Waals surface area contributed by atoms with Crippen molar-refractivity contribution in [2.75, 3.05) is 0 Å². The molecule has 3 aliphatic heterocycles. The molecule has 11 nitrogen and oxygen atoms in total. The average molecular weight is 546 g/mol. The van der Waals surface area contributed by atoms with E-state index in [9.17, 15) is 34.5 Å². The second kappa shape index (κ2) is 8.90. The Hall–Kier alpha value is -2.70. The molecule has 5 aliphatic rings. The van der Waals surface area contributed by atoms with Crippen molar-refractivity contribution in [2.45, 2.75) is 102 Å². The number of ketones is 2. The van der Waals surface area contributed by atoms with Crippen LogP contribution in [-0.4, -0.2) is 91.1 Å². The van der Waals surface area contributed by atoms with Gasteiger partial charge in [0.2, 0.25) is 11.4 Å². The van der Waals surface area contributed by atoms with Crippen molar-refractivity contribution < 1.29 is 48.7 Å². The van der Waals surface area contributed by atoms with Gasteiger partial charge in [-0.15, -0.1) is 0 Å². The number of carbonyl (C=O) groups excluding carboxylic acids is 4. The fraction of sp³-hybridized carbons (Fsp3) is 0.643. The highest BCUT2D eigenvalue weighted by molar-refractivity contribution is 6.22. The van der Waals surface area contributed by atoms with Gasteiger partial charge in [-0.25, -0.2) is 0 Å². The topological polar surface area (TPSA) is 160 Å². The predicted molar refractivity (Wildman–Crippen MR) is 133 cm³/mol. The van der Waals surface area contributed by atoms with Crippen LogP contribution in [0.5, 0.6) is 0 Å². The number of esters is 1. The van der Waals surface area contributed by atoms with Crippen molar-refractivity contribution in [3.63, 3.8) is 0 Å². The van der Waals surface area contributed by atoms with Crippen molar-refractivity contribution in [3.8, 4) is 0 Å². The molecule has 10 atom stereocenters. The molecule has 2 aliphatic carbocycles. The van der Waals surface area contributed by atoms with E-state index < -0.39 is 82.7 Å². The smallest absolute Gasteiger partial charge is 0.303 e. The van der Waals surface area contributed by atoms with Gasteiger partial charge in [-0.2, -0.15) is 0 Å². The average Bonchev–Trinajstić information content (AvgIpc) is 3.09. The fourth-order valence-electron chi connectivity index (χ4n) is 7.23. The zero-order valence-electron chi connectivity index (χ0n) is 22.8. The van der Waals surface area contributed by atoms with Gasteiger partial charge in [0.1, 0.15) is 11.7 Å². The van der Waals surface area contributed by atoms with Gasteiger partial charge in [0.25, 0.3) is 5.91 Å². The molecular weight excluding hydrogens is 510 g/mol. The van der Waals surface area contributed by atoms with E-state index in [1.54, 1.807) is 13.8 Å². The van der Waals surface area contributed by atoms with Crippen LogP contribution in [0.15, 0.2) is 35.1 Å². The van der Waals surface area contributed by atoms with E-state index in [2.05, 4.69) is 0 Å². The van der Waals surface area contributed by atoms with E-state index in [0.29, 0.717) is 18.4 Å². The third-order valence-electron chi connectivity index (χ3n) is 9.01. The Labute approximate surface area is 226 Å². The lowest BCUT2D eigenvalue weighted by atomic mass is 9.75. The van der Waals surface area contributed by atoms with Crippen molar-refractivity contribution in [1.29, 1.82) is 0 Å². The van der Waals surface area contributed by atoms with Crippen LogP contribution in [0.2, 0.25) is 0 Å². The van der Waals surface area contributed by atoms with Gasteiger partial charge in [0.15, 0.2) is 17.6 Å². The molecule has 11 heteroatoms. The Bertz CT molecular complexity index is 1250. The third-order valence-corrected chi connectivity index (χ3v) is 9.01. The number of hydrogen-bond donors (Lipinski definition) is 3. The molecule has 0 aromatic heterocycles. The van der Waals surface area contributed by atoms with Crippen LogP contribution < -0.4 is 0 Å². The number of aliphatic hydroxyl groups excluding tert-OH is 1. The maximum absolute atomic E-state index is 13.8. The summed E-state index contributed by atoms with van der Waals surface area (Å²) in [6.07, 6.45) is 0.861. The molecule has 3 N–H and O–H groups in total. The molecule has 1 saturated carbocycles. The zero-order chi connectivity index (χ0) is 28.8. The van der Waals surface area contributed by atoms with Gasteiger partial charge in [0, 0.05) is 30.9 Å². The second-order valence-electron chi connectivity index (χ2n) is 11.6. The van der Waals surface area contributed by atoms with Crippen molar-refractivity contribution in [3.05, 3.63) is 35.1 Å². The first-order valence-electron chi connectivity index (χ1n) is 13.3. The Morgan fingerprint density at radius 2 is 1.85 bits per heavy atom. The van der Waals surface area contributed by atoms with E-state index in [-0.39, 0.29) is 11.3 Å². The van der Waals surface area contributed by atoms with Crippen LogP contribution >= 0.6 is 0 Å². The van der Waals surface area contributed by atoms with Crippen molar-refractivity contribution in [2.24, 2.45) is 11.8 Å². The molecule has 3 heterocycles. The lowest BCUT2D eigenvalue weighted by Gasteiger charge is -2.43. The minimum atomic E-state index is -2.51. The molecular formula is C28H35NO10. The molecule has 3 fully saturated rings. The number of ether oxygens (including phenoxy) is 3. The Balaban J connectivity index is 1.68. The van der Waals surface area contributed by atoms with Crippen LogP contribution in [0.1, 0.15) is 54.4 Å². The van der Waals surface area contributed by atoms with Crippen LogP contribution in [-0.2, 0) is 33.4 Å². The number of hydrogen-bond acceptors (Lipinski definition) is 10. The van der Waals surface area contributed by atoms with Gasteiger partial charge in [0.05, 0.1) is 24.0 Å². The second-order valence-corrected chi connectivity index (χ2v) is 11.6. The highest BCUT2D eigenvalue weighted by atomic mass is 16.7. The van der Waals surface area contributed by atoms with Crippen LogP contribution in [0.25, 0.3) is 0 Å². The maximum Gasteiger partial charge on any atom is 0.303 e. The number of amides is 1. The summed E-state index contributed by atoms with van der Waals surface area (Å²) in [6.45, 7) is 8.92. The Morgan fingerprint density at radius 1 is 1.18 bits per heavy atom. The molecule has 0 aromatic carbocycles. The van der Waals surface area contributed by atoms with Crippen molar-refractivity contribution >= 4 is 23.4 Å². The quantitative estimate of drug-likeness (QED) is 0.257. The normalized spacial score (nSPS) is 44.2. The Morgan fingerprint density at radius 3 is 2.46 bits per heavy atom. The first kappa shape index (κ1) is 27.9. The molecule has 0 radical (unpaired) electrons. The number of nitrogens with zero attached hydrogens (tertiary/aromatic N) is 1. The molecule has 39 heavy (non-hydrogen) atoms. The number of carbonyl (C=O) groups is 4. The minimum absolute atomic E-state index is 0.176. The summed E-state index contributed by atoms with van der Waals surface area (Å²) in [5, 5.41) is 33.7. The lowest BCUT2D eigenvalue weighted by molar-refractivity contribution is -0.233. The number of Topliss-reactive ketones (excluding diaryl/α,β-unsaturated/α-hetero) is 1. The van der Waals surface area contributed by atoms with E-state index >= 15 is 0 Å². The minimum Gasteiger partial charge on any atom is -0.459 e. The Kier molecular flexibility index (Phi) is 6.36. The highest BCUT2D eigenvalue weighted by Crippen LogP contribution is 2.59. The summed E-state index contributed by atoms with van der Waals surface area (Å²) in [5.74, 6) is -4.41. The number of fused-ring (bicyclic) bond motifs is 2. The molecule has 0 aromatic rings. The summed E-state index contributed by atoms with van der Waals surface area (Å²) in [4.78, 5) is 53.6. The van der Waals surface area contributed by atoms with E-state index in [4.69, 9.17) is 14.2 Å². The maximum atomic E-state index is 13.8. The van der Waals surface area contributed by atoms with Crippen molar-refractivity contribution in [1.82, 2.24) is 4.90 Å². The molecule has 1 amide bonds. The fourth-order valence-corrected chi connectivity index (χ4v) is 7.23. The van der Waals surface area contributed by atoms with Gasteiger partial charge in [-0.3, -0.25) is 24.1 Å². The first-order valence-corrected chi connectivity index (χ1v) is 13.3. The molecule has 2 saturated heterocycles. The summed E-state index contributed by atoms with van der Waals surface area (Å²) in [6, 6.07) is 0. The van der Waals surface area contributed by atoms with Gasteiger partial charge in [-0.05, 0) is 52.2 Å². The van der Waals surface area contributed by atoms with E-state index in [1.165, 1.54) is 19.1 Å². The monoisotopic (exact) mass is 545 g/mol. The van der Waals surface area contributed by atoms with E-state index in [1.807, 2.05) is 6.92 Å². The molecule has 0 spiro atoms. The van der Waals surface area contributed by atoms with Gasteiger partial charge in [-0.1, -0.05) is 12.5 Å². The standard InChI is InChI=1S/C28H35NO10/c1-12-11-27(15(4)38-16(5)30)24(33)26(6,35)25(34)29(27)20-10-17(31)9-18-23(13(2)22(12)28(18,20)36)39-21-8-7-19(32)14(3)37-21/h9-11,13-15,19,21-23,32,35-36H,7-8H2,1-6H3/t13-,14?,15-,19+,21+,22-,23+,26-,27+,28+/m1/s1. The van der Waals surface area contributed by atoms with Gasteiger partial charge >= 0.3 is 5.97 Å². The summed E-state index contributed by atoms with van der Waals surface area (Å²) in [7, 11) is 0. The molecule has 212 valence electrons. The number of allylic oxidation sites excluding steroid dienone is 2. The summed E-state index contributed by atoms with van der Waals surface area (Å²) in [5.41, 5.74) is -5.93. The van der Waals surface area contributed by atoms with Crippen LogP contribution in [0, 0.1) is 11.8 Å².